The molecule has 0 saturated heterocycles. The maximum Gasteiger partial charge on any atom is 0.0980 e. The lowest BCUT2D eigenvalue weighted by atomic mass is 10.2. The van der Waals surface area contributed by atoms with Crippen molar-refractivity contribution in [2.24, 2.45) is 0 Å². The minimum absolute atomic E-state index is 0.0289. The molecule has 3 heteroatoms. The van der Waals surface area contributed by atoms with Gasteiger partial charge in [0.05, 0.1) is 12.1 Å². The van der Waals surface area contributed by atoms with Crippen LogP contribution >= 0.6 is 11.8 Å². The smallest absolute Gasteiger partial charge is 0.0980 e. The molecule has 0 aliphatic rings. The number of nitriles is 1. The SMILES string of the molecule is CN(C)C(C#N)CCSc1ccccc1. The number of hydrogen-bond donors (Lipinski definition) is 0. The van der Waals surface area contributed by atoms with Crippen LogP contribution in [0, 0.1) is 11.3 Å². The molecule has 0 aliphatic heterocycles. The van der Waals surface area contributed by atoms with Gasteiger partial charge in [-0.3, -0.25) is 4.90 Å². The molecule has 1 rings (SSSR count). The molecule has 0 radical (unpaired) electrons. The van der Waals surface area contributed by atoms with Crippen molar-refractivity contribution >= 4 is 11.8 Å². The van der Waals surface area contributed by atoms with Gasteiger partial charge >= 0.3 is 0 Å². The molecule has 0 bridgehead atoms. The van der Waals surface area contributed by atoms with Gasteiger partial charge in [0, 0.05) is 10.6 Å². The van der Waals surface area contributed by atoms with Crippen molar-refractivity contribution in [3.05, 3.63) is 30.3 Å². The highest BCUT2D eigenvalue weighted by Crippen LogP contribution is 2.18. The van der Waals surface area contributed by atoms with E-state index in [4.69, 9.17) is 5.26 Å². The molecule has 0 fully saturated rings. The zero-order valence-electron chi connectivity index (χ0n) is 9.18. The van der Waals surface area contributed by atoms with Crippen LogP contribution in [0.5, 0.6) is 0 Å². The molecule has 1 unspecified atom stereocenters. The van der Waals surface area contributed by atoms with Crippen molar-refractivity contribution in [3.63, 3.8) is 0 Å². The van der Waals surface area contributed by atoms with E-state index in [1.807, 2.05) is 37.2 Å². The summed E-state index contributed by atoms with van der Waals surface area (Å²) in [7, 11) is 3.89. The molecular weight excluding hydrogens is 204 g/mol. The van der Waals surface area contributed by atoms with Crippen LogP contribution in [0.1, 0.15) is 6.42 Å². The molecule has 0 heterocycles. The van der Waals surface area contributed by atoms with E-state index in [0.29, 0.717) is 0 Å². The third-order valence-corrected chi connectivity index (χ3v) is 3.22. The molecule has 80 valence electrons. The van der Waals surface area contributed by atoms with Crippen LogP contribution in [-0.4, -0.2) is 30.8 Å². The number of thioether (sulfide) groups is 1. The number of nitrogens with zero attached hydrogens (tertiary/aromatic N) is 2. The van der Waals surface area contributed by atoms with Gasteiger partial charge in [-0.2, -0.15) is 5.26 Å². The normalized spacial score (nSPS) is 12.4. The fourth-order valence-corrected chi connectivity index (χ4v) is 2.17. The predicted molar refractivity (Wildman–Crippen MR) is 64.9 cm³/mol. The second-order valence-electron chi connectivity index (χ2n) is 3.56. The Morgan fingerprint density at radius 2 is 2.00 bits per heavy atom. The summed E-state index contributed by atoms with van der Waals surface area (Å²) in [5, 5.41) is 8.89. The van der Waals surface area contributed by atoms with Gasteiger partial charge in [-0.05, 0) is 32.6 Å². The molecule has 0 aliphatic carbocycles. The van der Waals surface area contributed by atoms with Gasteiger partial charge in [0.2, 0.25) is 0 Å². The molecule has 0 spiro atoms. The van der Waals surface area contributed by atoms with Crippen LogP contribution < -0.4 is 0 Å². The Labute approximate surface area is 95.9 Å². The van der Waals surface area contributed by atoms with E-state index in [2.05, 4.69) is 18.2 Å². The van der Waals surface area contributed by atoms with Crippen molar-refractivity contribution < 1.29 is 0 Å². The summed E-state index contributed by atoms with van der Waals surface area (Å²) in [5.41, 5.74) is 0. The minimum atomic E-state index is 0.0289. The van der Waals surface area contributed by atoms with Gasteiger partial charge in [0.15, 0.2) is 0 Å². The van der Waals surface area contributed by atoms with Gasteiger partial charge in [-0.25, -0.2) is 0 Å². The molecule has 1 aromatic carbocycles. The molecule has 15 heavy (non-hydrogen) atoms. The summed E-state index contributed by atoms with van der Waals surface area (Å²) >= 11 is 1.80. The Balaban J connectivity index is 2.31. The molecule has 0 saturated carbocycles. The van der Waals surface area contributed by atoms with Crippen molar-refractivity contribution in [2.45, 2.75) is 17.4 Å². The zero-order chi connectivity index (χ0) is 11.1. The van der Waals surface area contributed by atoms with Crippen LogP contribution in [0.4, 0.5) is 0 Å². The van der Waals surface area contributed by atoms with Crippen LogP contribution in [0.25, 0.3) is 0 Å². The second kappa shape index (κ2) is 6.49. The Kier molecular flexibility index (Phi) is 5.23. The fraction of sp³-hybridized carbons (Fsp3) is 0.417. The first kappa shape index (κ1) is 12.1. The van der Waals surface area contributed by atoms with E-state index in [1.165, 1.54) is 4.90 Å². The van der Waals surface area contributed by atoms with Gasteiger partial charge < -0.3 is 0 Å². The van der Waals surface area contributed by atoms with Gasteiger partial charge in [0.25, 0.3) is 0 Å². The topological polar surface area (TPSA) is 27.0 Å². The minimum Gasteiger partial charge on any atom is -0.294 e. The first-order valence-electron chi connectivity index (χ1n) is 4.98. The largest absolute Gasteiger partial charge is 0.294 e. The lowest BCUT2D eigenvalue weighted by Gasteiger charge is -2.16. The molecule has 0 N–H and O–H groups in total. The quantitative estimate of drug-likeness (QED) is 0.714. The number of benzene rings is 1. The highest BCUT2D eigenvalue weighted by Gasteiger charge is 2.08. The molecule has 2 nitrogen and oxygen atoms in total. The Bertz CT molecular complexity index is 316. The van der Waals surface area contributed by atoms with E-state index >= 15 is 0 Å². The first-order valence-corrected chi connectivity index (χ1v) is 5.96. The second-order valence-corrected chi connectivity index (χ2v) is 4.73. The zero-order valence-corrected chi connectivity index (χ0v) is 10.00. The number of hydrogen-bond acceptors (Lipinski definition) is 3. The Morgan fingerprint density at radius 3 is 2.53 bits per heavy atom. The Morgan fingerprint density at radius 1 is 1.33 bits per heavy atom. The summed E-state index contributed by atoms with van der Waals surface area (Å²) < 4.78 is 0. The molecular formula is C12H16N2S. The van der Waals surface area contributed by atoms with Crippen LogP contribution in [0.2, 0.25) is 0 Å². The summed E-state index contributed by atoms with van der Waals surface area (Å²) in [6.45, 7) is 0. The standard InChI is InChI=1S/C12H16N2S/c1-14(2)11(10-13)8-9-15-12-6-4-3-5-7-12/h3-7,11H,8-9H2,1-2H3. The van der Waals surface area contributed by atoms with Crippen LogP contribution in [0.15, 0.2) is 35.2 Å². The average molecular weight is 220 g/mol. The van der Waals surface area contributed by atoms with Gasteiger partial charge in [0.1, 0.15) is 0 Å². The van der Waals surface area contributed by atoms with Crippen LogP contribution in [-0.2, 0) is 0 Å². The third-order valence-electron chi connectivity index (χ3n) is 2.18. The van der Waals surface area contributed by atoms with Gasteiger partial charge in [-0.15, -0.1) is 11.8 Å². The van der Waals surface area contributed by atoms with E-state index in [1.54, 1.807) is 11.8 Å². The lowest BCUT2D eigenvalue weighted by Crippen LogP contribution is -2.26. The highest BCUT2D eigenvalue weighted by molar-refractivity contribution is 7.99. The van der Waals surface area contributed by atoms with E-state index in [0.717, 1.165) is 12.2 Å². The monoisotopic (exact) mass is 220 g/mol. The highest BCUT2D eigenvalue weighted by atomic mass is 32.2. The molecule has 0 aromatic heterocycles. The van der Waals surface area contributed by atoms with Crippen LogP contribution in [0.3, 0.4) is 0 Å². The summed E-state index contributed by atoms with van der Waals surface area (Å²) in [6, 6.07) is 12.6. The Hall–Kier alpha value is -0.980. The lowest BCUT2D eigenvalue weighted by molar-refractivity contribution is 0.344. The third kappa shape index (κ3) is 4.37. The average Bonchev–Trinajstić information content (AvgIpc) is 2.25. The summed E-state index contributed by atoms with van der Waals surface area (Å²) in [4.78, 5) is 3.24. The van der Waals surface area contributed by atoms with Gasteiger partial charge in [-0.1, -0.05) is 18.2 Å². The van der Waals surface area contributed by atoms with E-state index < -0.39 is 0 Å². The van der Waals surface area contributed by atoms with Crippen molar-refractivity contribution in [3.8, 4) is 6.07 Å². The summed E-state index contributed by atoms with van der Waals surface area (Å²) in [5.74, 6) is 0.987. The maximum absolute atomic E-state index is 8.89. The van der Waals surface area contributed by atoms with Crippen molar-refractivity contribution in [1.29, 1.82) is 5.26 Å². The molecule has 1 aromatic rings. The first-order chi connectivity index (χ1) is 7.24. The van der Waals surface area contributed by atoms with Crippen molar-refractivity contribution in [2.75, 3.05) is 19.8 Å². The number of rotatable bonds is 5. The maximum atomic E-state index is 8.89. The molecule has 0 amide bonds. The van der Waals surface area contributed by atoms with Crippen molar-refractivity contribution in [1.82, 2.24) is 4.90 Å². The molecule has 1 atom stereocenters. The fourth-order valence-electron chi connectivity index (χ4n) is 1.24. The van der Waals surface area contributed by atoms with E-state index in [9.17, 15) is 0 Å². The summed E-state index contributed by atoms with van der Waals surface area (Å²) in [6.07, 6.45) is 0.906. The predicted octanol–water partition coefficient (Wildman–Crippen LogP) is 2.62. The van der Waals surface area contributed by atoms with E-state index in [-0.39, 0.29) is 6.04 Å².